The van der Waals surface area contributed by atoms with E-state index in [9.17, 15) is 4.79 Å². The van der Waals surface area contributed by atoms with E-state index < -0.39 is 0 Å². The molecule has 0 aromatic rings. The van der Waals surface area contributed by atoms with Gasteiger partial charge in [-0.1, -0.05) is 0 Å². The zero-order valence-corrected chi connectivity index (χ0v) is 6.16. The Bertz CT molecular complexity index is 242. The van der Waals surface area contributed by atoms with E-state index in [2.05, 4.69) is 0 Å². The van der Waals surface area contributed by atoms with Gasteiger partial charge in [0.15, 0.2) is 11.9 Å². The second-order valence-electron chi connectivity index (χ2n) is 2.36. The van der Waals surface area contributed by atoms with Crippen molar-refractivity contribution in [1.82, 2.24) is 0 Å². The highest BCUT2D eigenvalue weighted by molar-refractivity contribution is 5.88. The average molecular weight is 136 g/mol. The molecule has 0 saturated carbocycles. The summed E-state index contributed by atoms with van der Waals surface area (Å²) in [5.74, 6) is 0.0301. The fourth-order valence-electron chi connectivity index (χ4n) is 0.797. The molecule has 0 aromatic carbocycles. The third kappa shape index (κ3) is 1.21. The highest BCUT2D eigenvalue weighted by Crippen LogP contribution is 1.94. The van der Waals surface area contributed by atoms with E-state index in [0.29, 0.717) is 0 Å². The average Bonchev–Trinajstić information content (AvgIpc) is 1.88. The third-order valence-corrected chi connectivity index (χ3v) is 1.30. The first kappa shape index (κ1) is 6.93. The van der Waals surface area contributed by atoms with Crippen LogP contribution in [-0.2, 0) is 4.79 Å². The maximum atomic E-state index is 11.0. The predicted octanol–water partition coefficient (Wildman–Crippen LogP) is 1.09. The minimum atomic E-state index is 0.0301. The van der Waals surface area contributed by atoms with E-state index >= 15 is 0 Å². The number of nitrogens with zero attached hydrogens (tertiary/aromatic N) is 1. The lowest BCUT2D eigenvalue weighted by atomic mass is 10.3. The number of hydrogen-bond acceptors (Lipinski definition) is 1. The number of hydrogen-bond donors (Lipinski definition) is 0. The smallest absolute Gasteiger partial charge is 0.214 e. The quantitative estimate of drug-likeness (QED) is 0.456. The summed E-state index contributed by atoms with van der Waals surface area (Å²) < 4.78 is 1.61. The molecule has 1 amide bonds. The Kier molecular flexibility index (Phi) is 1.81. The summed E-state index contributed by atoms with van der Waals surface area (Å²) in [5, 5.41) is 0. The van der Waals surface area contributed by atoms with Crippen LogP contribution in [0.5, 0.6) is 0 Å². The van der Waals surface area contributed by atoms with Gasteiger partial charge in [0.1, 0.15) is 0 Å². The number of allylic oxidation sites excluding steroid dienone is 2. The summed E-state index contributed by atoms with van der Waals surface area (Å²) in [7, 11) is 0. The molecular formula is C8H10NO+. The third-order valence-electron chi connectivity index (χ3n) is 1.30. The van der Waals surface area contributed by atoms with Crippen LogP contribution in [0.2, 0.25) is 0 Å². The number of carbonyl (C=O) groups is 1. The number of rotatable bonds is 0. The van der Waals surface area contributed by atoms with Crippen molar-refractivity contribution in [1.29, 1.82) is 0 Å². The zero-order valence-electron chi connectivity index (χ0n) is 6.16. The zero-order chi connectivity index (χ0) is 7.56. The van der Waals surface area contributed by atoms with Gasteiger partial charge in [-0.05, 0) is 6.08 Å². The standard InChI is InChI=1S/C8H10NO/c1-7(2)9-6-4-3-5-8(9)10/h3-6H,1-2H3/q+1. The molecule has 1 aliphatic rings. The topological polar surface area (TPSA) is 20.1 Å². The molecule has 0 radical (unpaired) electrons. The molecule has 10 heavy (non-hydrogen) atoms. The van der Waals surface area contributed by atoms with E-state index in [4.69, 9.17) is 0 Å². The van der Waals surface area contributed by atoms with Crippen molar-refractivity contribution in [2.75, 3.05) is 0 Å². The number of amides is 1. The minimum Gasteiger partial charge on any atom is -0.214 e. The van der Waals surface area contributed by atoms with Gasteiger partial charge in [0.25, 0.3) is 0 Å². The first-order chi connectivity index (χ1) is 4.72. The molecule has 0 spiro atoms. The molecule has 0 fully saturated rings. The Morgan fingerprint density at radius 2 is 2.10 bits per heavy atom. The van der Waals surface area contributed by atoms with Crippen LogP contribution in [0.15, 0.2) is 24.4 Å². The molecule has 1 heterocycles. The van der Waals surface area contributed by atoms with Crippen LogP contribution in [0.25, 0.3) is 0 Å². The lowest BCUT2D eigenvalue weighted by Crippen LogP contribution is -2.19. The van der Waals surface area contributed by atoms with Gasteiger partial charge in [-0.25, -0.2) is 4.79 Å². The van der Waals surface area contributed by atoms with E-state index in [1.165, 1.54) is 0 Å². The van der Waals surface area contributed by atoms with Gasteiger partial charge in [0, 0.05) is 19.9 Å². The molecular weight excluding hydrogens is 126 g/mol. The van der Waals surface area contributed by atoms with Crippen LogP contribution in [-0.4, -0.2) is 16.2 Å². The first-order valence-corrected chi connectivity index (χ1v) is 3.20. The van der Waals surface area contributed by atoms with Crippen molar-refractivity contribution in [3.8, 4) is 0 Å². The molecule has 0 bridgehead atoms. The van der Waals surface area contributed by atoms with Crippen molar-refractivity contribution in [3.63, 3.8) is 0 Å². The highest BCUT2D eigenvalue weighted by Gasteiger charge is 2.14. The van der Waals surface area contributed by atoms with E-state index in [0.717, 1.165) is 5.71 Å². The molecule has 1 aliphatic heterocycles. The van der Waals surface area contributed by atoms with Gasteiger partial charge in [-0.15, -0.1) is 4.58 Å². The Labute approximate surface area is 60.2 Å². The first-order valence-electron chi connectivity index (χ1n) is 3.20. The summed E-state index contributed by atoms with van der Waals surface area (Å²) in [6.07, 6.45) is 6.89. The second kappa shape index (κ2) is 2.60. The van der Waals surface area contributed by atoms with Gasteiger partial charge in [-0.2, -0.15) is 0 Å². The summed E-state index contributed by atoms with van der Waals surface area (Å²) in [6.45, 7) is 3.81. The molecule has 0 saturated heterocycles. The van der Waals surface area contributed by atoms with Crippen LogP contribution in [0.1, 0.15) is 13.8 Å². The van der Waals surface area contributed by atoms with Crippen molar-refractivity contribution in [2.24, 2.45) is 0 Å². The molecule has 52 valence electrons. The molecule has 2 nitrogen and oxygen atoms in total. The van der Waals surface area contributed by atoms with Gasteiger partial charge in [0.2, 0.25) is 0 Å². The van der Waals surface area contributed by atoms with Crippen LogP contribution in [0.3, 0.4) is 0 Å². The monoisotopic (exact) mass is 136 g/mol. The molecule has 0 N–H and O–H groups in total. The molecule has 0 atom stereocenters. The molecule has 0 aliphatic carbocycles. The second-order valence-corrected chi connectivity index (χ2v) is 2.36. The van der Waals surface area contributed by atoms with Crippen LogP contribution >= 0.6 is 0 Å². The number of carbonyl (C=O) groups excluding carboxylic acids is 1. The maximum Gasteiger partial charge on any atom is 0.417 e. The van der Waals surface area contributed by atoms with Crippen LogP contribution in [0.4, 0.5) is 0 Å². The SMILES string of the molecule is CC(C)=[N+]1C=CC=CC1=O. The van der Waals surface area contributed by atoms with E-state index in [-0.39, 0.29) is 5.91 Å². The molecule has 0 unspecified atom stereocenters. The maximum absolute atomic E-state index is 11.0. The summed E-state index contributed by atoms with van der Waals surface area (Å²) in [4.78, 5) is 11.0. The van der Waals surface area contributed by atoms with E-state index in [1.807, 2.05) is 19.9 Å². The Balaban J connectivity index is 3.02. The minimum absolute atomic E-state index is 0.0301. The van der Waals surface area contributed by atoms with E-state index in [1.54, 1.807) is 22.9 Å². The lowest BCUT2D eigenvalue weighted by Gasteiger charge is -1.94. The Hall–Kier alpha value is -1.18. The van der Waals surface area contributed by atoms with Gasteiger partial charge < -0.3 is 0 Å². The Morgan fingerprint density at radius 1 is 1.40 bits per heavy atom. The molecule has 1 rings (SSSR count). The Morgan fingerprint density at radius 3 is 2.50 bits per heavy atom. The normalized spacial score (nSPS) is 16.2. The predicted molar refractivity (Wildman–Crippen MR) is 39.9 cm³/mol. The lowest BCUT2D eigenvalue weighted by molar-refractivity contribution is -0.377. The van der Waals surface area contributed by atoms with Crippen LogP contribution in [0, 0.1) is 0 Å². The van der Waals surface area contributed by atoms with Gasteiger partial charge in [0.05, 0.1) is 6.08 Å². The van der Waals surface area contributed by atoms with Crippen molar-refractivity contribution < 1.29 is 9.37 Å². The van der Waals surface area contributed by atoms with Crippen molar-refractivity contribution in [2.45, 2.75) is 13.8 Å². The fourth-order valence-corrected chi connectivity index (χ4v) is 0.797. The summed E-state index contributed by atoms with van der Waals surface area (Å²) >= 11 is 0. The molecule has 2 heteroatoms. The van der Waals surface area contributed by atoms with Crippen LogP contribution < -0.4 is 0 Å². The summed E-state index contributed by atoms with van der Waals surface area (Å²) in [6, 6.07) is 0. The highest BCUT2D eigenvalue weighted by atomic mass is 16.2. The largest absolute Gasteiger partial charge is 0.417 e. The van der Waals surface area contributed by atoms with Crippen molar-refractivity contribution >= 4 is 11.6 Å². The fraction of sp³-hybridized carbons (Fsp3) is 0.250. The van der Waals surface area contributed by atoms with Crippen molar-refractivity contribution in [3.05, 3.63) is 24.4 Å². The van der Waals surface area contributed by atoms with Gasteiger partial charge in [-0.3, -0.25) is 0 Å². The summed E-state index contributed by atoms with van der Waals surface area (Å²) in [5.41, 5.74) is 0.991. The van der Waals surface area contributed by atoms with Gasteiger partial charge >= 0.3 is 5.91 Å². The molecule has 0 aromatic heterocycles.